The van der Waals surface area contributed by atoms with Gasteiger partial charge < -0.3 is 4.57 Å². The number of aromatic nitrogens is 1. The average Bonchev–Trinajstić information content (AvgIpc) is 2.90. The molecule has 0 spiro atoms. The van der Waals surface area contributed by atoms with Gasteiger partial charge in [-0.2, -0.15) is 0 Å². The number of para-hydroxylation sites is 3. The Bertz CT molecular complexity index is 922. The van der Waals surface area contributed by atoms with E-state index < -0.39 is 0 Å². The topological polar surface area (TPSA) is 4.93 Å². The van der Waals surface area contributed by atoms with Gasteiger partial charge in [-0.15, -0.1) is 0 Å². The molecular weight excluding hydrogens is 369 g/mol. The molecule has 0 N–H and O–H groups in total. The first-order chi connectivity index (χ1) is 10.4. The van der Waals surface area contributed by atoms with Crippen LogP contribution in [-0.2, 0) is 4.43 Å². The molecule has 0 unspecified atom stereocenters. The highest BCUT2D eigenvalue weighted by molar-refractivity contribution is 14.1. The third-order valence-electron chi connectivity index (χ3n) is 3.94. The average molecular weight is 383 g/mol. The zero-order valence-corrected chi connectivity index (χ0v) is 13.6. The maximum absolute atomic E-state index is 2.45. The largest absolute Gasteiger partial charge is 0.309 e. The lowest BCUT2D eigenvalue weighted by Gasteiger charge is -2.09. The van der Waals surface area contributed by atoms with E-state index in [2.05, 4.69) is 100.0 Å². The quantitative estimate of drug-likeness (QED) is 0.308. The van der Waals surface area contributed by atoms with E-state index in [1.54, 1.807) is 0 Å². The Hall–Kier alpha value is -1.81. The van der Waals surface area contributed by atoms with Crippen molar-refractivity contribution >= 4 is 44.4 Å². The second-order valence-electron chi connectivity index (χ2n) is 5.14. The molecule has 0 saturated heterocycles. The molecule has 1 nitrogen and oxygen atoms in total. The number of benzene rings is 3. The number of nitrogens with zero attached hydrogens (tertiary/aromatic N) is 1. The summed E-state index contributed by atoms with van der Waals surface area (Å²) in [6.07, 6.45) is 0. The van der Waals surface area contributed by atoms with Crippen LogP contribution in [0.15, 0.2) is 72.8 Å². The molecule has 0 aliphatic heterocycles. The zero-order valence-electron chi connectivity index (χ0n) is 11.5. The molecule has 0 amide bonds. The summed E-state index contributed by atoms with van der Waals surface area (Å²) in [4.78, 5) is 0. The molecule has 2 heteroatoms. The number of fused-ring (bicyclic) bond motifs is 3. The van der Waals surface area contributed by atoms with E-state index in [9.17, 15) is 0 Å². The third kappa shape index (κ3) is 1.97. The van der Waals surface area contributed by atoms with Crippen LogP contribution in [0.1, 0.15) is 5.56 Å². The predicted octanol–water partition coefficient (Wildman–Crippen LogP) is 5.72. The van der Waals surface area contributed by atoms with Gasteiger partial charge in [0.25, 0.3) is 0 Å². The number of halogens is 1. The van der Waals surface area contributed by atoms with Crippen molar-refractivity contribution in [3.8, 4) is 5.69 Å². The smallest absolute Gasteiger partial charge is 0.0580 e. The summed E-state index contributed by atoms with van der Waals surface area (Å²) < 4.78 is 3.40. The van der Waals surface area contributed by atoms with E-state index in [1.807, 2.05) is 0 Å². The van der Waals surface area contributed by atoms with Crippen molar-refractivity contribution in [3.63, 3.8) is 0 Å². The van der Waals surface area contributed by atoms with Crippen LogP contribution in [0.25, 0.3) is 27.5 Å². The molecule has 0 radical (unpaired) electrons. The fourth-order valence-corrected chi connectivity index (χ4v) is 3.66. The molecule has 4 rings (SSSR count). The lowest BCUT2D eigenvalue weighted by Crippen LogP contribution is -1.95. The van der Waals surface area contributed by atoms with Gasteiger partial charge in [-0.3, -0.25) is 0 Å². The molecule has 21 heavy (non-hydrogen) atoms. The molecule has 0 aliphatic rings. The van der Waals surface area contributed by atoms with Crippen molar-refractivity contribution in [2.24, 2.45) is 0 Å². The van der Waals surface area contributed by atoms with Crippen molar-refractivity contribution in [1.29, 1.82) is 0 Å². The Balaban J connectivity index is 2.25. The van der Waals surface area contributed by atoms with Gasteiger partial charge in [0.1, 0.15) is 0 Å². The molecule has 4 aromatic rings. The normalized spacial score (nSPS) is 11.3. The molecule has 0 fully saturated rings. The predicted molar refractivity (Wildman–Crippen MR) is 98.5 cm³/mol. The lowest BCUT2D eigenvalue weighted by atomic mass is 10.1. The number of alkyl halides is 1. The van der Waals surface area contributed by atoms with Gasteiger partial charge in [-0.05, 0) is 23.8 Å². The first kappa shape index (κ1) is 12.9. The van der Waals surface area contributed by atoms with E-state index >= 15 is 0 Å². The van der Waals surface area contributed by atoms with Crippen molar-refractivity contribution in [2.45, 2.75) is 4.43 Å². The van der Waals surface area contributed by atoms with Gasteiger partial charge in [0, 0.05) is 20.9 Å². The monoisotopic (exact) mass is 383 g/mol. The van der Waals surface area contributed by atoms with Crippen molar-refractivity contribution in [2.75, 3.05) is 0 Å². The summed E-state index contributed by atoms with van der Waals surface area (Å²) in [5, 5.41) is 2.66. The molecule has 0 aliphatic carbocycles. The van der Waals surface area contributed by atoms with Crippen LogP contribution in [0.3, 0.4) is 0 Å². The highest BCUT2D eigenvalue weighted by Crippen LogP contribution is 2.34. The highest BCUT2D eigenvalue weighted by atomic mass is 127. The second-order valence-corrected chi connectivity index (χ2v) is 5.90. The van der Waals surface area contributed by atoms with Crippen LogP contribution in [0.4, 0.5) is 0 Å². The van der Waals surface area contributed by atoms with Gasteiger partial charge in [-0.1, -0.05) is 77.2 Å². The van der Waals surface area contributed by atoms with Gasteiger partial charge in [-0.25, -0.2) is 0 Å². The van der Waals surface area contributed by atoms with Crippen LogP contribution in [0.5, 0.6) is 0 Å². The van der Waals surface area contributed by atoms with Crippen LogP contribution in [0, 0.1) is 0 Å². The van der Waals surface area contributed by atoms with Gasteiger partial charge in [0.2, 0.25) is 0 Å². The third-order valence-corrected chi connectivity index (χ3v) is 4.76. The Morgan fingerprint density at radius 3 is 2.24 bits per heavy atom. The second kappa shape index (κ2) is 5.19. The molecule has 0 bridgehead atoms. The first-order valence-electron chi connectivity index (χ1n) is 7.02. The maximum atomic E-state index is 2.45. The Labute approximate surface area is 137 Å². The van der Waals surface area contributed by atoms with Crippen molar-refractivity contribution < 1.29 is 0 Å². The molecule has 0 atom stereocenters. The summed E-state index contributed by atoms with van der Waals surface area (Å²) in [6, 6.07) is 25.9. The van der Waals surface area contributed by atoms with Crippen LogP contribution in [-0.4, -0.2) is 4.57 Å². The molecule has 0 saturated carbocycles. The van der Waals surface area contributed by atoms with Crippen LogP contribution >= 0.6 is 22.6 Å². The van der Waals surface area contributed by atoms with Gasteiger partial charge in [0.15, 0.2) is 0 Å². The van der Waals surface area contributed by atoms with E-state index in [-0.39, 0.29) is 0 Å². The summed E-state index contributed by atoms with van der Waals surface area (Å²) in [7, 11) is 0. The number of rotatable bonds is 2. The van der Waals surface area contributed by atoms with Gasteiger partial charge in [0.05, 0.1) is 11.0 Å². The number of hydrogen-bond donors (Lipinski definition) is 0. The minimum absolute atomic E-state index is 1.01. The summed E-state index contributed by atoms with van der Waals surface area (Å²) in [5.74, 6) is 0. The Morgan fingerprint density at radius 1 is 0.714 bits per heavy atom. The fourth-order valence-electron chi connectivity index (χ4n) is 3.04. The standard InChI is InChI=1S/C19H14IN/c20-13-14-7-6-11-17-16-10-4-5-12-18(16)21(19(14)17)15-8-2-1-3-9-15/h1-12H,13H2. The van der Waals surface area contributed by atoms with E-state index in [1.165, 1.54) is 33.1 Å². The van der Waals surface area contributed by atoms with Crippen LogP contribution < -0.4 is 0 Å². The minimum Gasteiger partial charge on any atom is -0.309 e. The van der Waals surface area contributed by atoms with E-state index in [0.717, 1.165) is 4.43 Å². The van der Waals surface area contributed by atoms with E-state index in [4.69, 9.17) is 0 Å². The molecular formula is C19H14IN. The maximum Gasteiger partial charge on any atom is 0.0580 e. The summed E-state index contributed by atoms with van der Waals surface area (Å²) >= 11 is 2.45. The zero-order chi connectivity index (χ0) is 14.2. The molecule has 1 aromatic heterocycles. The SMILES string of the molecule is ICc1cccc2c3ccccc3n(-c3ccccc3)c12. The van der Waals surface area contributed by atoms with Crippen molar-refractivity contribution in [3.05, 3.63) is 78.4 Å². The molecule has 3 aromatic carbocycles. The minimum atomic E-state index is 1.01. The highest BCUT2D eigenvalue weighted by Gasteiger charge is 2.13. The van der Waals surface area contributed by atoms with Crippen LogP contribution in [0.2, 0.25) is 0 Å². The Kier molecular flexibility index (Phi) is 3.19. The summed E-state index contributed by atoms with van der Waals surface area (Å²) in [5.41, 5.74) is 5.21. The summed E-state index contributed by atoms with van der Waals surface area (Å²) in [6.45, 7) is 0. The lowest BCUT2D eigenvalue weighted by molar-refractivity contribution is 1.17. The van der Waals surface area contributed by atoms with Crippen molar-refractivity contribution in [1.82, 2.24) is 4.57 Å². The number of hydrogen-bond acceptors (Lipinski definition) is 0. The molecule has 102 valence electrons. The van der Waals surface area contributed by atoms with E-state index in [0.29, 0.717) is 0 Å². The Morgan fingerprint density at radius 2 is 1.43 bits per heavy atom. The molecule has 1 heterocycles. The fraction of sp³-hybridized carbons (Fsp3) is 0.0526. The first-order valence-corrected chi connectivity index (χ1v) is 8.55. The van der Waals surface area contributed by atoms with Gasteiger partial charge >= 0.3 is 0 Å².